The third kappa shape index (κ3) is 2.44. The molecule has 0 unspecified atom stereocenters. The van der Waals surface area contributed by atoms with Crippen LogP contribution >= 0.6 is 11.5 Å². The van der Waals surface area contributed by atoms with Gasteiger partial charge in [-0.1, -0.05) is 16.6 Å². The molecule has 1 aliphatic rings. The van der Waals surface area contributed by atoms with Crippen molar-refractivity contribution in [2.45, 2.75) is 33.0 Å². The fourth-order valence-corrected chi connectivity index (χ4v) is 2.79. The Labute approximate surface area is 121 Å². The van der Waals surface area contributed by atoms with E-state index in [2.05, 4.69) is 39.7 Å². The highest BCUT2D eigenvalue weighted by Crippen LogP contribution is 2.30. The zero-order chi connectivity index (χ0) is 14.1. The molecule has 6 heteroatoms. The lowest BCUT2D eigenvalue weighted by Crippen LogP contribution is -2.24. The maximum absolute atomic E-state index is 12.1. The number of hydrogen-bond donors (Lipinski definition) is 1. The third-order valence-corrected chi connectivity index (χ3v) is 4.23. The van der Waals surface area contributed by atoms with Crippen molar-refractivity contribution < 1.29 is 4.79 Å². The molecular weight excluding hydrogens is 272 g/mol. The summed E-state index contributed by atoms with van der Waals surface area (Å²) >= 11 is 1.11. The number of amides is 1. The van der Waals surface area contributed by atoms with Crippen LogP contribution in [-0.2, 0) is 13.1 Å². The van der Waals surface area contributed by atoms with E-state index in [1.54, 1.807) is 0 Å². The SMILES string of the molecule is CC(C)N1Cc2cccc(NC(=O)c3cnns3)c2C1. The van der Waals surface area contributed by atoms with Crippen LogP contribution in [-0.4, -0.2) is 26.4 Å². The number of nitrogens with zero attached hydrogens (tertiary/aromatic N) is 3. The van der Waals surface area contributed by atoms with Crippen molar-refractivity contribution in [1.29, 1.82) is 0 Å². The van der Waals surface area contributed by atoms with Crippen LogP contribution in [0.1, 0.15) is 34.6 Å². The van der Waals surface area contributed by atoms with Crippen molar-refractivity contribution in [1.82, 2.24) is 14.5 Å². The van der Waals surface area contributed by atoms with E-state index in [-0.39, 0.29) is 5.91 Å². The number of aromatic nitrogens is 2. The summed E-state index contributed by atoms with van der Waals surface area (Å²) in [6.07, 6.45) is 1.49. The van der Waals surface area contributed by atoms with Gasteiger partial charge in [0.1, 0.15) is 4.88 Å². The van der Waals surface area contributed by atoms with Gasteiger partial charge in [0.2, 0.25) is 0 Å². The predicted octanol–water partition coefficient (Wildman–Crippen LogP) is 2.51. The minimum atomic E-state index is -0.142. The molecule has 0 atom stereocenters. The van der Waals surface area contributed by atoms with Crippen molar-refractivity contribution in [3.63, 3.8) is 0 Å². The van der Waals surface area contributed by atoms with Crippen molar-refractivity contribution >= 4 is 23.1 Å². The van der Waals surface area contributed by atoms with Gasteiger partial charge < -0.3 is 5.32 Å². The van der Waals surface area contributed by atoms with Crippen LogP contribution in [0.4, 0.5) is 5.69 Å². The number of anilines is 1. The Morgan fingerprint density at radius 1 is 1.40 bits per heavy atom. The Morgan fingerprint density at radius 2 is 2.25 bits per heavy atom. The second kappa shape index (κ2) is 5.30. The smallest absolute Gasteiger partial charge is 0.269 e. The topological polar surface area (TPSA) is 58.1 Å². The largest absolute Gasteiger partial charge is 0.321 e. The summed E-state index contributed by atoms with van der Waals surface area (Å²) in [6, 6.07) is 6.57. The van der Waals surface area contributed by atoms with Gasteiger partial charge in [0.15, 0.2) is 0 Å². The molecule has 1 aromatic carbocycles. The number of carbonyl (C=O) groups is 1. The van der Waals surface area contributed by atoms with E-state index in [1.807, 2.05) is 12.1 Å². The lowest BCUT2D eigenvalue weighted by atomic mass is 10.1. The third-order valence-electron chi connectivity index (χ3n) is 3.57. The highest BCUT2D eigenvalue weighted by molar-refractivity contribution is 7.07. The molecule has 1 N–H and O–H groups in total. The van der Waals surface area contributed by atoms with E-state index < -0.39 is 0 Å². The van der Waals surface area contributed by atoms with Gasteiger partial charge >= 0.3 is 0 Å². The first-order chi connectivity index (χ1) is 9.65. The molecule has 0 saturated heterocycles. The Kier molecular flexibility index (Phi) is 3.50. The van der Waals surface area contributed by atoms with E-state index in [0.717, 1.165) is 30.3 Å². The van der Waals surface area contributed by atoms with Gasteiger partial charge in [0.05, 0.1) is 6.20 Å². The average molecular weight is 288 g/mol. The summed E-state index contributed by atoms with van der Waals surface area (Å²) in [7, 11) is 0. The fourth-order valence-electron chi connectivity index (χ4n) is 2.38. The molecule has 1 aliphatic heterocycles. The van der Waals surface area contributed by atoms with Crippen molar-refractivity contribution in [3.8, 4) is 0 Å². The molecule has 104 valence electrons. The lowest BCUT2D eigenvalue weighted by molar-refractivity contribution is 0.103. The molecular formula is C14H16N4OS. The first kappa shape index (κ1) is 13.2. The number of rotatable bonds is 3. The van der Waals surface area contributed by atoms with Gasteiger partial charge in [-0.2, -0.15) is 0 Å². The van der Waals surface area contributed by atoms with Gasteiger partial charge in [-0.15, -0.1) is 5.10 Å². The molecule has 0 fully saturated rings. The molecule has 1 amide bonds. The predicted molar refractivity (Wildman–Crippen MR) is 78.7 cm³/mol. The normalized spacial score (nSPS) is 14.6. The van der Waals surface area contributed by atoms with Gasteiger partial charge in [-0.05, 0) is 42.6 Å². The summed E-state index contributed by atoms with van der Waals surface area (Å²) in [5.41, 5.74) is 3.40. The van der Waals surface area contributed by atoms with E-state index in [4.69, 9.17) is 0 Å². The fraction of sp³-hybridized carbons (Fsp3) is 0.357. The molecule has 5 nitrogen and oxygen atoms in total. The monoisotopic (exact) mass is 288 g/mol. The van der Waals surface area contributed by atoms with Crippen molar-refractivity contribution in [2.24, 2.45) is 0 Å². The highest BCUT2D eigenvalue weighted by atomic mass is 32.1. The average Bonchev–Trinajstić information content (AvgIpc) is 3.08. The van der Waals surface area contributed by atoms with Gasteiger partial charge in [0.25, 0.3) is 5.91 Å². The van der Waals surface area contributed by atoms with E-state index in [0.29, 0.717) is 10.9 Å². The Bertz CT molecular complexity index is 624. The molecule has 0 aliphatic carbocycles. The standard InChI is InChI=1S/C14H16N4OS/c1-9(2)18-7-10-4-3-5-12(11(10)8-18)16-14(19)13-6-15-17-20-13/h3-6,9H,7-8H2,1-2H3,(H,16,19). The van der Waals surface area contributed by atoms with Crippen LogP contribution in [0.3, 0.4) is 0 Å². The minimum Gasteiger partial charge on any atom is -0.321 e. The number of fused-ring (bicyclic) bond motifs is 1. The molecule has 0 bridgehead atoms. The van der Waals surface area contributed by atoms with Crippen LogP contribution in [0.15, 0.2) is 24.4 Å². The van der Waals surface area contributed by atoms with Crippen LogP contribution < -0.4 is 5.32 Å². The lowest BCUT2D eigenvalue weighted by Gasteiger charge is -2.19. The molecule has 2 heterocycles. The molecule has 0 radical (unpaired) electrons. The molecule has 3 rings (SSSR count). The molecule has 2 aromatic rings. The van der Waals surface area contributed by atoms with Gasteiger partial charge in [-0.3, -0.25) is 9.69 Å². The molecule has 0 spiro atoms. The van der Waals surface area contributed by atoms with Crippen LogP contribution in [0.2, 0.25) is 0 Å². The van der Waals surface area contributed by atoms with Gasteiger partial charge in [0, 0.05) is 24.8 Å². The zero-order valence-electron chi connectivity index (χ0n) is 11.5. The minimum absolute atomic E-state index is 0.142. The number of carbonyl (C=O) groups excluding carboxylic acids is 1. The van der Waals surface area contributed by atoms with Crippen LogP contribution in [0.5, 0.6) is 0 Å². The van der Waals surface area contributed by atoms with Gasteiger partial charge in [-0.25, -0.2) is 0 Å². The summed E-state index contributed by atoms with van der Waals surface area (Å²) in [6.45, 7) is 6.20. The number of benzene rings is 1. The summed E-state index contributed by atoms with van der Waals surface area (Å²) in [5, 5.41) is 6.66. The Morgan fingerprint density at radius 3 is 2.95 bits per heavy atom. The second-order valence-electron chi connectivity index (χ2n) is 5.18. The number of hydrogen-bond acceptors (Lipinski definition) is 5. The summed E-state index contributed by atoms with van der Waals surface area (Å²) in [5.74, 6) is -0.142. The maximum Gasteiger partial charge on any atom is 0.269 e. The molecule has 0 saturated carbocycles. The van der Waals surface area contributed by atoms with E-state index in [9.17, 15) is 4.79 Å². The molecule has 20 heavy (non-hydrogen) atoms. The van der Waals surface area contributed by atoms with Crippen LogP contribution in [0.25, 0.3) is 0 Å². The quantitative estimate of drug-likeness (QED) is 0.943. The summed E-state index contributed by atoms with van der Waals surface area (Å²) in [4.78, 5) is 15.0. The zero-order valence-corrected chi connectivity index (χ0v) is 12.3. The Balaban J connectivity index is 1.83. The van der Waals surface area contributed by atoms with Crippen molar-refractivity contribution in [2.75, 3.05) is 5.32 Å². The summed E-state index contributed by atoms with van der Waals surface area (Å²) < 4.78 is 3.72. The highest BCUT2D eigenvalue weighted by Gasteiger charge is 2.24. The molecule has 1 aromatic heterocycles. The first-order valence-electron chi connectivity index (χ1n) is 6.58. The maximum atomic E-state index is 12.1. The van der Waals surface area contributed by atoms with E-state index >= 15 is 0 Å². The van der Waals surface area contributed by atoms with Crippen LogP contribution in [0, 0.1) is 0 Å². The second-order valence-corrected chi connectivity index (χ2v) is 5.96. The first-order valence-corrected chi connectivity index (χ1v) is 7.36. The Hall–Kier alpha value is -1.79. The van der Waals surface area contributed by atoms with E-state index in [1.165, 1.54) is 17.3 Å². The van der Waals surface area contributed by atoms with Crippen molar-refractivity contribution in [3.05, 3.63) is 40.4 Å². The number of nitrogens with one attached hydrogen (secondary N) is 1.